The molecule has 1 heterocycles. The highest BCUT2D eigenvalue weighted by Crippen LogP contribution is 2.17. The Hall–Kier alpha value is -0.970. The maximum Gasteiger partial charge on any atom is 0.306 e. The van der Waals surface area contributed by atoms with Gasteiger partial charge in [0.25, 0.3) is 5.22 Å². The van der Waals surface area contributed by atoms with Gasteiger partial charge in [-0.05, 0) is 13.8 Å². The molecule has 5 heteroatoms. The van der Waals surface area contributed by atoms with Crippen LogP contribution in [0.4, 0.5) is 0 Å². The predicted octanol–water partition coefficient (Wildman–Crippen LogP) is 2.03. The molecule has 14 heavy (non-hydrogen) atoms. The number of thioether (sulfide) groups is 1. The van der Waals surface area contributed by atoms with Crippen molar-refractivity contribution in [1.82, 2.24) is 4.98 Å². The van der Waals surface area contributed by atoms with Crippen molar-refractivity contribution in [2.24, 2.45) is 0 Å². The Balaban J connectivity index is 2.18. The van der Waals surface area contributed by atoms with E-state index in [1.807, 2.05) is 6.92 Å². The van der Waals surface area contributed by atoms with Crippen molar-refractivity contribution < 1.29 is 13.9 Å². The third kappa shape index (κ3) is 3.83. The molecule has 78 valence electrons. The Kier molecular flexibility index (Phi) is 4.52. The Bertz CT molecular complexity index is 298. The maximum atomic E-state index is 11.0. The van der Waals surface area contributed by atoms with Crippen molar-refractivity contribution >= 4 is 17.7 Å². The molecule has 0 saturated heterocycles. The zero-order chi connectivity index (χ0) is 10.4. The highest BCUT2D eigenvalue weighted by Gasteiger charge is 2.05. The first-order valence-electron chi connectivity index (χ1n) is 4.43. The van der Waals surface area contributed by atoms with Crippen LogP contribution in [0.25, 0.3) is 0 Å². The van der Waals surface area contributed by atoms with Crippen molar-refractivity contribution in [2.45, 2.75) is 25.5 Å². The van der Waals surface area contributed by atoms with E-state index in [9.17, 15) is 4.79 Å². The molecule has 1 rings (SSSR count). The highest BCUT2D eigenvalue weighted by molar-refractivity contribution is 7.99. The topological polar surface area (TPSA) is 52.3 Å². The molecule has 0 spiro atoms. The minimum absolute atomic E-state index is 0.178. The van der Waals surface area contributed by atoms with Crippen molar-refractivity contribution in [3.63, 3.8) is 0 Å². The molecule has 0 aliphatic carbocycles. The van der Waals surface area contributed by atoms with Gasteiger partial charge in [-0.1, -0.05) is 11.8 Å². The van der Waals surface area contributed by atoms with Crippen molar-refractivity contribution in [3.05, 3.63) is 12.0 Å². The van der Waals surface area contributed by atoms with E-state index < -0.39 is 0 Å². The SMILES string of the molecule is CCOC(=O)CCSc1nc(C)co1. The van der Waals surface area contributed by atoms with Crippen LogP contribution in [-0.4, -0.2) is 23.3 Å². The summed E-state index contributed by atoms with van der Waals surface area (Å²) in [5.74, 6) is 0.460. The smallest absolute Gasteiger partial charge is 0.306 e. The van der Waals surface area contributed by atoms with E-state index in [0.29, 0.717) is 24.0 Å². The van der Waals surface area contributed by atoms with Gasteiger partial charge >= 0.3 is 5.97 Å². The number of rotatable bonds is 5. The van der Waals surface area contributed by atoms with E-state index in [4.69, 9.17) is 9.15 Å². The number of ether oxygens (including phenoxy) is 1. The summed E-state index contributed by atoms with van der Waals surface area (Å²) in [6, 6.07) is 0. The predicted molar refractivity (Wildman–Crippen MR) is 53.2 cm³/mol. The summed E-state index contributed by atoms with van der Waals surface area (Å²) in [6.45, 7) is 4.09. The summed E-state index contributed by atoms with van der Waals surface area (Å²) in [5.41, 5.74) is 0.851. The maximum absolute atomic E-state index is 11.0. The highest BCUT2D eigenvalue weighted by atomic mass is 32.2. The first kappa shape index (κ1) is 11.1. The molecule has 0 bridgehead atoms. The van der Waals surface area contributed by atoms with Gasteiger partial charge in [-0.3, -0.25) is 4.79 Å². The summed E-state index contributed by atoms with van der Waals surface area (Å²) in [4.78, 5) is 15.0. The van der Waals surface area contributed by atoms with Crippen molar-refractivity contribution in [3.8, 4) is 0 Å². The zero-order valence-corrected chi connectivity index (χ0v) is 9.10. The molecule has 0 saturated carbocycles. The lowest BCUT2D eigenvalue weighted by atomic mass is 10.5. The number of hydrogen-bond donors (Lipinski definition) is 0. The van der Waals surface area contributed by atoms with Gasteiger partial charge in [0.2, 0.25) is 0 Å². The van der Waals surface area contributed by atoms with Crippen molar-refractivity contribution in [1.29, 1.82) is 0 Å². The molecule has 0 amide bonds. The third-order valence-electron chi connectivity index (χ3n) is 1.43. The fourth-order valence-corrected chi connectivity index (χ4v) is 1.62. The van der Waals surface area contributed by atoms with E-state index in [0.717, 1.165) is 5.69 Å². The molecule has 0 N–H and O–H groups in total. The standard InChI is InChI=1S/C9H13NO3S/c1-3-12-8(11)4-5-14-9-10-7(2)6-13-9/h6H,3-5H2,1-2H3. The largest absolute Gasteiger partial charge is 0.466 e. The Morgan fingerprint density at radius 1 is 1.71 bits per heavy atom. The number of aryl methyl sites for hydroxylation is 1. The lowest BCUT2D eigenvalue weighted by molar-refractivity contribution is -0.142. The second kappa shape index (κ2) is 5.70. The molecule has 0 aliphatic rings. The van der Waals surface area contributed by atoms with Crippen LogP contribution in [0.5, 0.6) is 0 Å². The number of hydrogen-bond acceptors (Lipinski definition) is 5. The van der Waals surface area contributed by atoms with Gasteiger partial charge in [-0.15, -0.1) is 0 Å². The summed E-state index contributed by atoms with van der Waals surface area (Å²) >= 11 is 1.42. The number of carbonyl (C=O) groups is 1. The number of carbonyl (C=O) groups excluding carboxylic acids is 1. The van der Waals surface area contributed by atoms with Gasteiger partial charge in [0.15, 0.2) is 0 Å². The first-order valence-corrected chi connectivity index (χ1v) is 5.41. The molecule has 0 atom stereocenters. The number of nitrogens with zero attached hydrogens (tertiary/aromatic N) is 1. The first-order chi connectivity index (χ1) is 6.72. The van der Waals surface area contributed by atoms with Crippen LogP contribution in [0.2, 0.25) is 0 Å². The van der Waals surface area contributed by atoms with Gasteiger partial charge in [-0.2, -0.15) is 0 Å². The molecule has 0 radical (unpaired) electrons. The number of aromatic nitrogens is 1. The molecule has 4 nitrogen and oxygen atoms in total. The lowest BCUT2D eigenvalue weighted by Crippen LogP contribution is -2.04. The van der Waals surface area contributed by atoms with E-state index in [1.54, 1.807) is 13.2 Å². The molecule has 0 aromatic carbocycles. The van der Waals surface area contributed by atoms with E-state index in [-0.39, 0.29) is 5.97 Å². The number of oxazole rings is 1. The molecule has 0 aliphatic heterocycles. The van der Waals surface area contributed by atoms with Gasteiger partial charge in [-0.25, -0.2) is 4.98 Å². The molecule has 1 aromatic heterocycles. The molecule has 0 unspecified atom stereocenters. The second-order valence-electron chi connectivity index (χ2n) is 2.66. The summed E-state index contributed by atoms with van der Waals surface area (Å²) in [5, 5.41) is 0.604. The Morgan fingerprint density at radius 3 is 3.07 bits per heavy atom. The normalized spacial score (nSPS) is 10.1. The monoisotopic (exact) mass is 215 g/mol. The number of esters is 1. The van der Waals surface area contributed by atoms with E-state index in [1.165, 1.54) is 11.8 Å². The summed E-state index contributed by atoms with van der Waals surface area (Å²) in [7, 11) is 0. The average molecular weight is 215 g/mol. The molecule has 1 aromatic rings. The van der Waals surface area contributed by atoms with Crippen LogP contribution in [0.15, 0.2) is 15.9 Å². The van der Waals surface area contributed by atoms with Gasteiger partial charge in [0.1, 0.15) is 6.26 Å². The van der Waals surface area contributed by atoms with E-state index in [2.05, 4.69) is 4.98 Å². The Morgan fingerprint density at radius 2 is 2.50 bits per heavy atom. The van der Waals surface area contributed by atoms with Gasteiger partial charge in [0, 0.05) is 5.75 Å². The second-order valence-corrected chi connectivity index (χ2v) is 3.70. The summed E-state index contributed by atoms with van der Waals surface area (Å²) in [6.07, 6.45) is 1.98. The summed E-state index contributed by atoms with van der Waals surface area (Å²) < 4.78 is 9.89. The molecular formula is C9H13NO3S. The van der Waals surface area contributed by atoms with Crippen LogP contribution in [-0.2, 0) is 9.53 Å². The van der Waals surface area contributed by atoms with Gasteiger partial charge < -0.3 is 9.15 Å². The fraction of sp³-hybridized carbons (Fsp3) is 0.556. The van der Waals surface area contributed by atoms with Gasteiger partial charge in [0.05, 0.1) is 18.7 Å². The minimum Gasteiger partial charge on any atom is -0.466 e. The zero-order valence-electron chi connectivity index (χ0n) is 8.28. The third-order valence-corrected chi connectivity index (χ3v) is 2.28. The van der Waals surface area contributed by atoms with Crippen LogP contribution in [0.3, 0.4) is 0 Å². The average Bonchev–Trinajstić information content (AvgIpc) is 2.52. The van der Waals surface area contributed by atoms with Crippen LogP contribution >= 0.6 is 11.8 Å². The minimum atomic E-state index is -0.178. The van der Waals surface area contributed by atoms with Crippen LogP contribution in [0, 0.1) is 6.92 Å². The molecular weight excluding hydrogens is 202 g/mol. The van der Waals surface area contributed by atoms with E-state index >= 15 is 0 Å². The quantitative estimate of drug-likeness (QED) is 0.555. The fourth-order valence-electron chi connectivity index (χ4n) is 0.854. The lowest BCUT2D eigenvalue weighted by Gasteiger charge is -1.98. The van der Waals surface area contributed by atoms with Crippen molar-refractivity contribution in [2.75, 3.05) is 12.4 Å². The van der Waals surface area contributed by atoms with Crippen LogP contribution in [0.1, 0.15) is 19.0 Å². The van der Waals surface area contributed by atoms with Crippen LogP contribution < -0.4 is 0 Å². The Labute approximate surface area is 87.0 Å². The molecule has 0 fully saturated rings.